The Hall–Kier alpha value is -3.52. The lowest BCUT2D eigenvalue weighted by atomic mass is 10.2. The van der Waals surface area contributed by atoms with E-state index in [0.29, 0.717) is 17.2 Å². The fraction of sp³-hybridized carbons (Fsp3) is 0.174. The van der Waals surface area contributed by atoms with Gasteiger partial charge >= 0.3 is 0 Å². The van der Waals surface area contributed by atoms with Crippen molar-refractivity contribution < 1.29 is 27.4 Å². The zero-order valence-corrected chi connectivity index (χ0v) is 18.3. The molecule has 0 aromatic heterocycles. The quantitative estimate of drug-likeness (QED) is 0.529. The van der Waals surface area contributed by atoms with Gasteiger partial charge < -0.3 is 14.2 Å². The van der Waals surface area contributed by atoms with E-state index in [0.717, 1.165) is 9.87 Å². The number of nitrogens with zero attached hydrogens (tertiary/aromatic N) is 1. The maximum Gasteiger partial charge on any atom is 0.278 e. The molecule has 0 saturated carbocycles. The van der Waals surface area contributed by atoms with Crippen molar-refractivity contribution in [3.8, 4) is 17.2 Å². The summed E-state index contributed by atoms with van der Waals surface area (Å²) in [7, 11) is -1.15. The number of carbonyl (C=O) groups is 1. The Morgan fingerprint density at radius 1 is 0.839 bits per heavy atom. The summed E-state index contributed by atoms with van der Waals surface area (Å²) < 4.78 is 43.3. The largest absolute Gasteiger partial charge is 0.497 e. The van der Waals surface area contributed by atoms with Crippen LogP contribution >= 0.6 is 0 Å². The molecule has 162 valence electrons. The van der Waals surface area contributed by atoms with Gasteiger partial charge in [0.2, 0.25) is 0 Å². The average Bonchev–Trinajstić information content (AvgIpc) is 2.78. The molecule has 8 heteroatoms. The molecule has 0 fully saturated rings. The summed E-state index contributed by atoms with van der Waals surface area (Å²) >= 11 is 0. The van der Waals surface area contributed by atoms with Crippen LogP contribution in [0.5, 0.6) is 17.2 Å². The van der Waals surface area contributed by atoms with Crippen molar-refractivity contribution in [2.75, 3.05) is 25.1 Å². The van der Waals surface area contributed by atoms with Gasteiger partial charge in [0, 0.05) is 6.07 Å². The maximum absolute atomic E-state index is 13.4. The topological polar surface area (TPSA) is 82.1 Å². The Morgan fingerprint density at radius 2 is 1.45 bits per heavy atom. The summed E-state index contributed by atoms with van der Waals surface area (Å²) in [6, 6.07) is 19.2. The summed E-state index contributed by atoms with van der Waals surface area (Å²) in [5, 5.41) is 0. The number of sulfonamides is 1. The Balaban J connectivity index is 1.94. The molecule has 0 aliphatic carbocycles. The highest BCUT2D eigenvalue weighted by atomic mass is 32.2. The van der Waals surface area contributed by atoms with E-state index >= 15 is 0 Å². The van der Waals surface area contributed by atoms with Crippen LogP contribution in [0.2, 0.25) is 0 Å². The lowest BCUT2D eigenvalue weighted by Gasteiger charge is -2.23. The highest BCUT2D eigenvalue weighted by molar-refractivity contribution is 7.93. The third-order valence-electron chi connectivity index (χ3n) is 4.50. The molecule has 0 atom stereocenters. The van der Waals surface area contributed by atoms with E-state index in [1.54, 1.807) is 48.5 Å². The molecule has 3 rings (SSSR count). The summed E-state index contributed by atoms with van der Waals surface area (Å²) in [6.45, 7) is 1.37. The average molecular weight is 442 g/mol. The third-order valence-corrected chi connectivity index (χ3v) is 6.26. The van der Waals surface area contributed by atoms with E-state index in [1.165, 1.54) is 38.5 Å². The number of ether oxygens (including phenoxy) is 3. The number of benzene rings is 3. The van der Waals surface area contributed by atoms with Gasteiger partial charge in [-0.2, -0.15) is 4.31 Å². The zero-order valence-electron chi connectivity index (χ0n) is 17.4. The second-order valence-corrected chi connectivity index (χ2v) is 8.43. The second-order valence-electron chi connectivity index (χ2n) is 6.64. The van der Waals surface area contributed by atoms with Crippen LogP contribution in [-0.4, -0.2) is 35.2 Å². The van der Waals surface area contributed by atoms with Gasteiger partial charge in [-0.05, 0) is 55.5 Å². The lowest BCUT2D eigenvalue weighted by Crippen LogP contribution is -2.40. The number of aryl methyl sites for hydroxylation is 1. The Labute approximate surface area is 181 Å². The van der Waals surface area contributed by atoms with Gasteiger partial charge in [-0.25, -0.2) is 8.42 Å². The number of hydrogen-bond acceptors (Lipinski definition) is 6. The van der Waals surface area contributed by atoms with E-state index in [4.69, 9.17) is 14.2 Å². The van der Waals surface area contributed by atoms with Crippen molar-refractivity contribution in [2.24, 2.45) is 0 Å². The van der Waals surface area contributed by atoms with Crippen LogP contribution in [0.3, 0.4) is 0 Å². The summed E-state index contributed by atoms with van der Waals surface area (Å²) in [5.41, 5.74) is 1.09. The Kier molecular flexibility index (Phi) is 6.81. The van der Waals surface area contributed by atoms with Crippen LogP contribution in [0.25, 0.3) is 0 Å². The van der Waals surface area contributed by atoms with Crippen molar-refractivity contribution in [1.29, 1.82) is 0 Å². The molecule has 0 heterocycles. The Morgan fingerprint density at radius 3 is 2.06 bits per heavy atom. The number of methoxy groups -OCH3 is 2. The van der Waals surface area contributed by atoms with Gasteiger partial charge in [-0.15, -0.1) is 0 Å². The monoisotopic (exact) mass is 441 g/mol. The molecular formula is C23H23NO6S. The van der Waals surface area contributed by atoms with Gasteiger partial charge in [0.1, 0.15) is 17.2 Å². The van der Waals surface area contributed by atoms with Gasteiger partial charge in [-0.3, -0.25) is 4.79 Å². The van der Waals surface area contributed by atoms with E-state index in [9.17, 15) is 13.2 Å². The van der Waals surface area contributed by atoms with Gasteiger partial charge in [0.15, 0.2) is 6.61 Å². The van der Waals surface area contributed by atoms with Crippen LogP contribution in [-0.2, 0) is 14.8 Å². The first kappa shape index (κ1) is 22.2. The molecule has 7 nitrogen and oxygen atoms in total. The molecular weight excluding hydrogens is 418 g/mol. The van der Waals surface area contributed by atoms with E-state index in [-0.39, 0.29) is 10.6 Å². The predicted molar refractivity (Wildman–Crippen MR) is 117 cm³/mol. The van der Waals surface area contributed by atoms with Crippen LogP contribution in [0.4, 0.5) is 5.69 Å². The first-order chi connectivity index (χ1) is 14.8. The lowest BCUT2D eigenvalue weighted by molar-refractivity contribution is -0.119. The van der Waals surface area contributed by atoms with Crippen molar-refractivity contribution in [3.63, 3.8) is 0 Å². The summed E-state index contributed by atoms with van der Waals surface area (Å²) in [4.78, 5) is 13.1. The molecule has 3 aromatic rings. The molecule has 0 aliphatic rings. The SMILES string of the molecule is COc1ccc(N(C(=O)COc2cccc(OC)c2)S(=O)(=O)c2ccc(C)cc2)cc1. The normalized spacial score (nSPS) is 10.9. The maximum atomic E-state index is 13.4. The van der Waals surface area contributed by atoms with E-state index < -0.39 is 22.5 Å². The molecule has 0 N–H and O–H groups in total. The number of hydrogen-bond donors (Lipinski definition) is 0. The highest BCUT2D eigenvalue weighted by Gasteiger charge is 2.31. The first-order valence-electron chi connectivity index (χ1n) is 9.41. The minimum atomic E-state index is -4.17. The van der Waals surface area contributed by atoms with Gasteiger partial charge in [-0.1, -0.05) is 23.8 Å². The van der Waals surface area contributed by atoms with Crippen molar-refractivity contribution >= 4 is 21.6 Å². The van der Waals surface area contributed by atoms with Crippen molar-refractivity contribution in [1.82, 2.24) is 0 Å². The summed E-state index contributed by atoms with van der Waals surface area (Å²) in [6.07, 6.45) is 0. The van der Waals surface area contributed by atoms with Crippen LogP contribution in [0.1, 0.15) is 5.56 Å². The fourth-order valence-corrected chi connectivity index (χ4v) is 4.26. The predicted octanol–water partition coefficient (Wildman–Crippen LogP) is 3.81. The molecule has 0 radical (unpaired) electrons. The van der Waals surface area contributed by atoms with Gasteiger partial charge in [0.05, 0.1) is 24.8 Å². The van der Waals surface area contributed by atoms with Crippen molar-refractivity contribution in [2.45, 2.75) is 11.8 Å². The second kappa shape index (κ2) is 9.53. The highest BCUT2D eigenvalue weighted by Crippen LogP contribution is 2.27. The Bertz CT molecular complexity index is 1140. The number of rotatable bonds is 8. The molecule has 0 aliphatic heterocycles. The number of amides is 1. The number of anilines is 1. The van der Waals surface area contributed by atoms with E-state index in [2.05, 4.69) is 0 Å². The smallest absolute Gasteiger partial charge is 0.278 e. The fourth-order valence-electron chi connectivity index (χ4n) is 2.84. The number of carbonyl (C=O) groups excluding carboxylic acids is 1. The molecule has 3 aromatic carbocycles. The zero-order chi connectivity index (χ0) is 22.4. The van der Waals surface area contributed by atoms with Crippen LogP contribution in [0.15, 0.2) is 77.7 Å². The minimum Gasteiger partial charge on any atom is -0.497 e. The molecule has 0 bridgehead atoms. The molecule has 0 unspecified atom stereocenters. The molecule has 0 spiro atoms. The van der Waals surface area contributed by atoms with E-state index in [1.807, 2.05) is 6.92 Å². The van der Waals surface area contributed by atoms with Crippen molar-refractivity contribution in [3.05, 3.63) is 78.4 Å². The molecule has 1 amide bonds. The first-order valence-corrected chi connectivity index (χ1v) is 10.8. The standard InChI is InChI=1S/C23H23NO6S/c1-17-7-13-22(14-8-17)31(26,27)24(18-9-11-19(28-2)12-10-18)23(25)16-30-21-6-4-5-20(15-21)29-3/h4-15H,16H2,1-3H3. The molecule has 31 heavy (non-hydrogen) atoms. The van der Waals surface area contributed by atoms with Crippen LogP contribution < -0.4 is 18.5 Å². The molecule has 0 saturated heterocycles. The van der Waals surface area contributed by atoms with Gasteiger partial charge in [0.25, 0.3) is 15.9 Å². The summed E-state index contributed by atoms with van der Waals surface area (Å²) in [5.74, 6) is 0.740. The third kappa shape index (κ3) is 5.16. The minimum absolute atomic E-state index is 0.00338. The van der Waals surface area contributed by atoms with Crippen LogP contribution in [0, 0.1) is 6.92 Å².